The van der Waals surface area contributed by atoms with Gasteiger partial charge in [-0.05, 0) is 17.7 Å². The minimum Gasteiger partial charge on any atom is -0.480 e. The van der Waals surface area contributed by atoms with Gasteiger partial charge in [-0.25, -0.2) is 14.4 Å². The predicted octanol–water partition coefficient (Wildman–Crippen LogP) is -0.977. The monoisotopic (exact) mass is 537 g/mol. The Morgan fingerprint density at radius 2 is 1.81 bits per heavy atom. The molecule has 2 heterocycles. The molecule has 0 spiro atoms. The minimum absolute atomic E-state index is 0.0985. The van der Waals surface area contributed by atoms with Crippen molar-refractivity contribution in [1.29, 1.82) is 0 Å². The lowest BCUT2D eigenvalue weighted by molar-refractivity contribution is -0.150. The summed E-state index contributed by atoms with van der Waals surface area (Å²) in [6.45, 7) is -0.877. The van der Waals surface area contributed by atoms with Crippen molar-refractivity contribution in [3.05, 3.63) is 41.1 Å². The molecule has 0 aromatic heterocycles. The van der Waals surface area contributed by atoms with Crippen LogP contribution in [0.15, 0.2) is 35.5 Å². The van der Waals surface area contributed by atoms with Gasteiger partial charge in [-0.3, -0.25) is 24.6 Å². The fourth-order valence-electron chi connectivity index (χ4n) is 3.46. The number of thioether (sulfide) groups is 1. The van der Waals surface area contributed by atoms with Crippen LogP contribution in [0, 0.1) is 0 Å². The number of β-lactam (4-membered cyclic amide) rings is 1. The van der Waals surface area contributed by atoms with Crippen LogP contribution >= 0.6 is 11.8 Å². The zero-order chi connectivity index (χ0) is 27.3. The van der Waals surface area contributed by atoms with Crippen molar-refractivity contribution in [1.82, 2.24) is 10.2 Å². The Labute approximate surface area is 213 Å². The van der Waals surface area contributed by atoms with Crippen LogP contribution in [-0.4, -0.2) is 87.5 Å². The van der Waals surface area contributed by atoms with Gasteiger partial charge in [-0.15, -0.1) is 11.8 Å². The molecule has 3 atom stereocenters. The Kier molecular flexibility index (Phi) is 8.56. The number of benzene rings is 1. The molecule has 2 aliphatic heterocycles. The Morgan fingerprint density at radius 1 is 1.14 bits per heavy atom. The predicted molar refractivity (Wildman–Crippen MR) is 126 cm³/mol. The van der Waals surface area contributed by atoms with Crippen LogP contribution < -0.4 is 22.1 Å². The molecule has 16 heteroatoms. The second-order valence-corrected chi connectivity index (χ2v) is 8.97. The Balaban J connectivity index is 1.53. The standard InChI is InChI=1S/C21H23N5O10S/c22-12(18(29)30)7-36-21(34)24-11-3-1-9(2-4-11)5-13(27)25-14-16(28)26-15(19(31)32)10(6-35-20(23)33)8-37-17(14)26/h1-4,12,14,17H,5-8,22H2,(H2,23,33)(H,24,34)(H,25,27)(H,29,30)(H,31,32)/t12-,14-,17-/m1/s1. The summed E-state index contributed by atoms with van der Waals surface area (Å²) < 4.78 is 9.37. The molecule has 1 aromatic carbocycles. The fourth-order valence-corrected chi connectivity index (χ4v) is 4.79. The molecule has 2 aliphatic rings. The first-order chi connectivity index (χ1) is 17.5. The van der Waals surface area contributed by atoms with Gasteiger partial charge >= 0.3 is 24.1 Å². The van der Waals surface area contributed by atoms with Crippen molar-refractivity contribution in [3.8, 4) is 0 Å². The third-order valence-corrected chi connectivity index (χ3v) is 6.57. The average Bonchev–Trinajstić information content (AvgIpc) is 2.84. The summed E-state index contributed by atoms with van der Waals surface area (Å²) in [5.74, 6) is -3.61. The highest BCUT2D eigenvalue weighted by molar-refractivity contribution is 8.00. The van der Waals surface area contributed by atoms with Gasteiger partial charge in [0.15, 0.2) is 0 Å². The molecule has 0 radical (unpaired) electrons. The van der Waals surface area contributed by atoms with Crippen LogP contribution in [0.1, 0.15) is 5.56 Å². The largest absolute Gasteiger partial charge is 0.480 e. The van der Waals surface area contributed by atoms with Gasteiger partial charge in [0.2, 0.25) is 5.91 Å². The normalized spacial score (nSPS) is 19.2. The van der Waals surface area contributed by atoms with Gasteiger partial charge in [-0.2, -0.15) is 0 Å². The molecule has 4 amide bonds. The summed E-state index contributed by atoms with van der Waals surface area (Å²) in [6.07, 6.45) is -2.08. The van der Waals surface area contributed by atoms with Crippen LogP contribution in [0.3, 0.4) is 0 Å². The highest BCUT2D eigenvalue weighted by Crippen LogP contribution is 2.40. The van der Waals surface area contributed by atoms with Crippen molar-refractivity contribution >= 4 is 53.4 Å². The number of hydrogen-bond acceptors (Lipinski definition) is 10. The van der Waals surface area contributed by atoms with E-state index in [1.165, 1.54) is 23.9 Å². The van der Waals surface area contributed by atoms with Crippen LogP contribution in [-0.2, 0) is 35.1 Å². The molecule has 198 valence electrons. The van der Waals surface area contributed by atoms with Gasteiger partial charge in [-0.1, -0.05) is 12.1 Å². The highest BCUT2D eigenvalue weighted by atomic mass is 32.2. The SMILES string of the molecule is NC(=O)OCC1=C(C(=O)O)N2C(=O)[C@@H](NC(=O)Cc3ccc(NC(=O)OC[C@@H](N)C(=O)O)cc3)[C@H]2SC1. The first-order valence-electron chi connectivity index (χ1n) is 10.6. The number of rotatable bonds is 10. The maximum Gasteiger partial charge on any atom is 0.411 e. The number of aliphatic carboxylic acids is 2. The average molecular weight is 538 g/mol. The van der Waals surface area contributed by atoms with E-state index in [9.17, 15) is 33.9 Å². The number of carboxylic acid groups (broad SMARTS) is 2. The van der Waals surface area contributed by atoms with E-state index in [1.54, 1.807) is 12.1 Å². The van der Waals surface area contributed by atoms with Crippen LogP contribution in [0.25, 0.3) is 0 Å². The Morgan fingerprint density at radius 3 is 2.41 bits per heavy atom. The molecular formula is C21H23N5O10S. The maximum atomic E-state index is 12.6. The molecule has 0 bridgehead atoms. The van der Waals surface area contributed by atoms with Crippen molar-refractivity contribution in [2.75, 3.05) is 24.3 Å². The van der Waals surface area contributed by atoms with Gasteiger partial charge in [0.1, 0.15) is 36.4 Å². The molecular weight excluding hydrogens is 514 g/mol. The highest BCUT2D eigenvalue weighted by Gasteiger charge is 2.54. The first-order valence-corrected chi connectivity index (χ1v) is 11.7. The summed E-state index contributed by atoms with van der Waals surface area (Å²) in [6, 6.07) is 3.82. The number of nitrogens with zero attached hydrogens (tertiary/aromatic N) is 1. The summed E-state index contributed by atoms with van der Waals surface area (Å²) in [7, 11) is 0. The molecule has 0 unspecified atom stereocenters. The van der Waals surface area contributed by atoms with E-state index in [0.29, 0.717) is 11.3 Å². The van der Waals surface area contributed by atoms with E-state index in [0.717, 1.165) is 4.90 Å². The lowest BCUT2D eigenvalue weighted by Gasteiger charge is -2.49. The lowest BCUT2D eigenvalue weighted by atomic mass is 10.0. The van der Waals surface area contributed by atoms with E-state index in [2.05, 4.69) is 15.4 Å². The quantitative estimate of drug-likeness (QED) is 0.197. The minimum atomic E-state index is -1.37. The smallest absolute Gasteiger partial charge is 0.411 e. The number of ether oxygens (including phenoxy) is 2. The maximum absolute atomic E-state index is 12.6. The second kappa shape index (κ2) is 11.6. The van der Waals surface area contributed by atoms with E-state index in [-0.39, 0.29) is 30.1 Å². The number of carboxylic acids is 2. The molecule has 0 saturated carbocycles. The molecule has 0 aliphatic carbocycles. The summed E-state index contributed by atoms with van der Waals surface area (Å²) >= 11 is 1.21. The van der Waals surface area contributed by atoms with E-state index >= 15 is 0 Å². The molecule has 1 fully saturated rings. The zero-order valence-corrected chi connectivity index (χ0v) is 19.9. The van der Waals surface area contributed by atoms with Crippen molar-refractivity contribution in [2.45, 2.75) is 23.9 Å². The van der Waals surface area contributed by atoms with Crippen molar-refractivity contribution < 1.29 is 48.5 Å². The van der Waals surface area contributed by atoms with Gasteiger partial charge < -0.3 is 36.5 Å². The number of nitrogens with two attached hydrogens (primary N) is 2. The number of carbonyl (C=O) groups excluding carboxylic acids is 4. The summed E-state index contributed by atoms with van der Waals surface area (Å²) in [5.41, 5.74) is 11.0. The molecule has 37 heavy (non-hydrogen) atoms. The molecule has 3 rings (SSSR count). The van der Waals surface area contributed by atoms with Gasteiger partial charge in [0.25, 0.3) is 5.91 Å². The number of anilines is 1. The Bertz CT molecular complexity index is 1150. The Hall–Kier alpha value is -4.31. The molecule has 8 N–H and O–H groups in total. The second-order valence-electron chi connectivity index (χ2n) is 7.86. The summed E-state index contributed by atoms with van der Waals surface area (Å²) in [5, 5.41) is 22.6. The van der Waals surface area contributed by atoms with Crippen LogP contribution in [0.4, 0.5) is 15.3 Å². The van der Waals surface area contributed by atoms with Crippen molar-refractivity contribution in [2.24, 2.45) is 11.5 Å². The number of carbonyl (C=O) groups is 6. The van der Waals surface area contributed by atoms with E-state index in [4.69, 9.17) is 21.3 Å². The zero-order valence-electron chi connectivity index (χ0n) is 19.0. The third kappa shape index (κ3) is 6.68. The number of fused-ring (bicyclic) bond motifs is 1. The topological polar surface area (TPSA) is 241 Å². The van der Waals surface area contributed by atoms with Gasteiger partial charge in [0, 0.05) is 17.0 Å². The molecule has 15 nitrogen and oxygen atoms in total. The van der Waals surface area contributed by atoms with Gasteiger partial charge in [0.05, 0.1) is 6.42 Å². The first kappa shape index (κ1) is 27.3. The fraction of sp³-hybridized carbons (Fsp3) is 0.333. The number of primary amides is 1. The molecule has 1 saturated heterocycles. The number of nitrogens with one attached hydrogen (secondary N) is 2. The lowest BCUT2D eigenvalue weighted by Crippen LogP contribution is -2.70. The van der Waals surface area contributed by atoms with Crippen LogP contribution in [0.2, 0.25) is 0 Å². The molecule has 1 aromatic rings. The van der Waals surface area contributed by atoms with E-state index < -0.39 is 60.0 Å². The number of hydrogen-bond donors (Lipinski definition) is 6. The van der Waals surface area contributed by atoms with Crippen molar-refractivity contribution in [3.63, 3.8) is 0 Å². The van der Waals surface area contributed by atoms with E-state index in [1.807, 2.05) is 0 Å². The third-order valence-electron chi connectivity index (χ3n) is 5.23. The summed E-state index contributed by atoms with van der Waals surface area (Å²) in [4.78, 5) is 71.1. The number of amides is 4. The van der Waals surface area contributed by atoms with Crippen LogP contribution in [0.5, 0.6) is 0 Å².